The van der Waals surface area contributed by atoms with Gasteiger partial charge in [0.2, 0.25) is 82.7 Å². The van der Waals surface area contributed by atoms with Crippen LogP contribution in [0.25, 0.3) is 0 Å². The van der Waals surface area contributed by atoms with Crippen molar-refractivity contribution < 1.29 is 77.3 Å². The van der Waals surface area contributed by atoms with Gasteiger partial charge in [-0.1, -0.05) is 42.5 Å². The van der Waals surface area contributed by atoms with E-state index in [1.165, 1.54) is 26.0 Å². The summed E-state index contributed by atoms with van der Waals surface area (Å²) in [5.74, 6) is -13.6. The van der Waals surface area contributed by atoms with Gasteiger partial charge < -0.3 is 126 Å². The lowest BCUT2D eigenvalue weighted by Gasteiger charge is -2.26. The normalized spacial score (nSPS) is 13.8. The summed E-state index contributed by atoms with van der Waals surface area (Å²) in [5, 5.41) is 48.7. The molecule has 554 valence electrons. The van der Waals surface area contributed by atoms with Crippen molar-refractivity contribution in [1.29, 1.82) is 0 Å². The number of hydrogen-bond donors (Lipinski definition) is 23. The predicted octanol–water partition coefficient (Wildman–Crippen LogP) is -10.0. The largest absolute Gasteiger partial charge is 0.508 e. The van der Waals surface area contributed by atoms with E-state index in [1.807, 2.05) is 0 Å². The molecule has 39 nitrogen and oxygen atoms in total. The van der Waals surface area contributed by atoms with E-state index in [-0.39, 0.29) is 95.1 Å². The number of amides is 14. The van der Waals surface area contributed by atoms with Crippen molar-refractivity contribution >= 4 is 94.6 Å². The number of carbonyl (C=O) groups excluding carboxylic acids is 14. The van der Waals surface area contributed by atoms with E-state index in [4.69, 9.17) is 51.6 Å². The highest BCUT2D eigenvalue weighted by Gasteiger charge is 2.34. The number of phenolic OH excluding ortho intramolecular Hbond substituents is 1. The van der Waals surface area contributed by atoms with Crippen molar-refractivity contribution in [2.75, 3.05) is 52.4 Å². The highest BCUT2D eigenvalue weighted by Crippen LogP contribution is 2.12. The van der Waals surface area contributed by atoms with Crippen molar-refractivity contribution in [2.24, 2.45) is 61.6 Å². The highest BCUT2D eigenvalue weighted by atomic mass is 16.3. The Morgan fingerprint density at radius 3 is 1.32 bits per heavy atom. The molecule has 0 aliphatic carbocycles. The zero-order valence-electron chi connectivity index (χ0n) is 56.0. The van der Waals surface area contributed by atoms with Gasteiger partial charge in [-0.15, -0.1) is 0 Å². The van der Waals surface area contributed by atoms with Crippen LogP contribution in [0.5, 0.6) is 5.75 Å². The average Bonchev–Trinajstić information content (AvgIpc) is 0.902. The summed E-state index contributed by atoms with van der Waals surface area (Å²) >= 11 is 0. The third-order valence-electron chi connectivity index (χ3n) is 14.7. The quantitative estimate of drug-likeness (QED) is 0.0166. The summed E-state index contributed by atoms with van der Waals surface area (Å²) in [5.41, 5.74) is 51.2. The molecule has 0 saturated carbocycles. The van der Waals surface area contributed by atoms with Crippen molar-refractivity contribution in [3.63, 3.8) is 0 Å². The SMILES string of the molecule is C[C@H](NC(=O)CNC(=O)[C@H](CC(N)=O)NC(=O)[C@H](Cc1ccccc1)NC(=O)CNC(=O)CNC(=O)[C@@H](N)Cc1ccc(O)cc1)C(=O)N[C@@H](CCCN=C(N)N)C(=O)N[C@@H](CCCCN)C(=O)N[C@@H](CO)C(=O)N[C@@H](C)C(=O)N[C@@H](CCCN=C(N)N)C(=O)N[C@@H](CCCCN)C(N)=O. The lowest BCUT2D eigenvalue weighted by molar-refractivity contribution is -0.136. The van der Waals surface area contributed by atoms with Crippen LogP contribution >= 0.6 is 0 Å². The molecule has 0 heterocycles. The predicted molar refractivity (Wildman–Crippen MR) is 363 cm³/mol. The molecule has 32 N–H and O–H groups in total. The van der Waals surface area contributed by atoms with Crippen LogP contribution in [0.15, 0.2) is 64.6 Å². The first-order valence-electron chi connectivity index (χ1n) is 32.2. The summed E-state index contributed by atoms with van der Waals surface area (Å²) in [6.45, 7) is -0.171. The summed E-state index contributed by atoms with van der Waals surface area (Å²) in [4.78, 5) is 194. The molecule has 0 radical (unpaired) electrons. The maximum atomic E-state index is 14.1. The Bertz CT molecular complexity index is 3120. The number of phenols is 1. The first kappa shape index (κ1) is 85.3. The third kappa shape index (κ3) is 34.9. The van der Waals surface area contributed by atoms with E-state index in [1.54, 1.807) is 42.5 Å². The molecular formula is C61H99N23O16. The van der Waals surface area contributed by atoms with E-state index < -0.39 is 176 Å². The molecule has 0 unspecified atom stereocenters. The number of hydrogen-bond acceptors (Lipinski definition) is 21. The molecule has 0 aliphatic heterocycles. The number of nitrogens with one attached hydrogen (secondary N) is 12. The van der Waals surface area contributed by atoms with Crippen molar-refractivity contribution in [1.82, 2.24) is 63.8 Å². The summed E-state index contributed by atoms with van der Waals surface area (Å²) in [6, 6.07) is 0.0386. The Labute approximate surface area is 577 Å². The molecule has 0 aliphatic rings. The zero-order chi connectivity index (χ0) is 74.9. The molecule has 0 aromatic heterocycles. The number of guanidine groups is 2. The molecule has 10 atom stereocenters. The number of nitrogens with zero attached hydrogens (tertiary/aromatic N) is 2. The summed E-state index contributed by atoms with van der Waals surface area (Å²) in [7, 11) is 0. The van der Waals surface area contributed by atoms with Crippen LogP contribution in [0.1, 0.15) is 95.6 Å². The lowest BCUT2D eigenvalue weighted by Crippen LogP contribution is -2.60. The van der Waals surface area contributed by atoms with Gasteiger partial charge in [0.1, 0.15) is 60.1 Å². The van der Waals surface area contributed by atoms with Gasteiger partial charge in [-0.3, -0.25) is 77.1 Å². The number of unbranched alkanes of at least 4 members (excludes halogenated alkanes) is 2. The van der Waals surface area contributed by atoms with Gasteiger partial charge in [0.25, 0.3) is 0 Å². The molecule has 100 heavy (non-hydrogen) atoms. The Hall–Kier alpha value is -10.8. The topological polar surface area (TPSA) is 683 Å². The number of nitrogens with two attached hydrogens (primary N) is 9. The van der Waals surface area contributed by atoms with Crippen LogP contribution in [-0.4, -0.2) is 218 Å². The van der Waals surface area contributed by atoms with Crippen molar-refractivity contribution in [3.05, 3.63) is 65.7 Å². The van der Waals surface area contributed by atoms with Crippen molar-refractivity contribution in [3.8, 4) is 5.75 Å². The molecule has 2 aromatic rings. The summed E-state index contributed by atoms with van der Waals surface area (Å²) in [6.07, 6.45) is 0.757. The second kappa shape index (κ2) is 46.4. The molecule has 2 aromatic carbocycles. The fourth-order valence-electron chi connectivity index (χ4n) is 9.22. The number of aromatic hydroxyl groups is 1. The molecule has 39 heteroatoms. The van der Waals surface area contributed by atoms with E-state index in [0.717, 1.165) is 0 Å². The van der Waals surface area contributed by atoms with E-state index in [9.17, 15) is 77.3 Å². The standard InChI is InChI=1S/C61H99N23O16/c1-33(76-48(89)31-75-54(95)44(28-46(65)87)83-58(99)43(27-35-12-4-3-5-13-35)78-49(90)30-73-47(88)29-74-53(94)38(64)26-36-18-20-37(86)21-19-36)51(92)80-42(17-11-25-72-61(69)70)56(97)82-40(15-7-9-23-63)57(98)84-45(32-85)59(100)77-34(2)52(93)81-41(16-10-24-71-60(67)68)55(96)79-39(50(66)91)14-6-8-22-62/h3-5,12-13,18-21,33-34,38-45,85-86H,6-11,14-17,22-32,62-64H2,1-2H3,(H2,65,87)(H2,66,91)(H,73,88)(H,74,94)(H,75,95)(H,76,89)(H,77,100)(H,78,90)(H,79,96)(H,80,92)(H,81,93)(H,82,97)(H,83,99)(H,84,98)(H4,67,68,71)(H4,69,70,72)/t33-,34-,38-,39-,40-,41-,42-,43-,44-,45-/m0/s1. The number of aliphatic hydroxyl groups is 1. The van der Waals surface area contributed by atoms with Crippen LogP contribution < -0.4 is 115 Å². The maximum absolute atomic E-state index is 14.1. The Kier molecular flexibility index (Phi) is 39.6. The third-order valence-corrected chi connectivity index (χ3v) is 14.7. The fraction of sp³-hybridized carbons (Fsp3) is 0.541. The monoisotopic (exact) mass is 1410 g/mol. The summed E-state index contributed by atoms with van der Waals surface area (Å²) < 4.78 is 0. The number of benzene rings is 2. The van der Waals surface area contributed by atoms with Gasteiger partial charge in [-0.25, -0.2) is 0 Å². The van der Waals surface area contributed by atoms with Crippen LogP contribution in [-0.2, 0) is 80.0 Å². The van der Waals surface area contributed by atoms with Gasteiger partial charge in [-0.2, -0.15) is 0 Å². The van der Waals surface area contributed by atoms with Crippen LogP contribution in [0.2, 0.25) is 0 Å². The van der Waals surface area contributed by atoms with E-state index >= 15 is 0 Å². The second-order valence-corrected chi connectivity index (χ2v) is 23.1. The number of carbonyl (C=O) groups is 14. The zero-order valence-corrected chi connectivity index (χ0v) is 56.0. The molecule has 14 amide bonds. The fourth-order valence-corrected chi connectivity index (χ4v) is 9.22. The van der Waals surface area contributed by atoms with E-state index in [2.05, 4.69) is 73.8 Å². The molecule has 0 fully saturated rings. The van der Waals surface area contributed by atoms with E-state index in [0.29, 0.717) is 36.9 Å². The average molecular weight is 1410 g/mol. The van der Waals surface area contributed by atoms with Crippen LogP contribution in [0.4, 0.5) is 0 Å². The van der Waals surface area contributed by atoms with Gasteiger partial charge >= 0.3 is 0 Å². The molecular weight excluding hydrogens is 1310 g/mol. The Morgan fingerprint density at radius 1 is 0.410 bits per heavy atom. The Balaban J connectivity index is 2.20. The number of aliphatic hydroxyl groups excluding tert-OH is 1. The molecule has 0 bridgehead atoms. The number of primary amides is 2. The first-order chi connectivity index (χ1) is 47.4. The van der Waals surface area contributed by atoms with Crippen LogP contribution in [0.3, 0.4) is 0 Å². The first-order valence-corrected chi connectivity index (χ1v) is 32.2. The van der Waals surface area contributed by atoms with Crippen LogP contribution in [0, 0.1) is 0 Å². The maximum Gasteiger partial charge on any atom is 0.245 e. The van der Waals surface area contributed by atoms with Gasteiger partial charge in [0.15, 0.2) is 11.9 Å². The van der Waals surface area contributed by atoms with Crippen molar-refractivity contribution in [2.45, 2.75) is 158 Å². The number of rotatable bonds is 48. The minimum atomic E-state index is -1.74. The smallest absolute Gasteiger partial charge is 0.245 e. The lowest BCUT2D eigenvalue weighted by atomic mass is 10.0. The van der Waals surface area contributed by atoms with Gasteiger partial charge in [0, 0.05) is 19.5 Å². The van der Waals surface area contributed by atoms with Gasteiger partial charge in [-0.05, 0) is 121 Å². The highest BCUT2D eigenvalue weighted by molar-refractivity contribution is 5.99. The Morgan fingerprint density at radius 2 is 0.820 bits per heavy atom. The number of aliphatic imine (C=N–C) groups is 2. The van der Waals surface area contributed by atoms with Gasteiger partial charge in [0.05, 0.1) is 38.7 Å². The molecule has 2 rings (SSSR count). The minimum Gasteiger partial charge on any atom is -0.508 e. The minimum absolute atomic E-state index is 0.0178. The molecule has 0 saturated heterocycles. The second-order valence-electron chi connectivity index (χ2n) is 23.1. The molecule has 0 spiro atoms.